The van der Waals surface area contributed by atoms with Crippen molar-refractivity contribution in [1.29, 1.82) is 0 Å². The van der Waals surface area contributed by atoms with Crippen molar-refractivity contribution in [1.82, 2.24) is 0 Å². The molecule has 1 amide bonds. The van der Waals surface area contributed by atoms with Crippen LogP contribution in [0.25, 0.3) is 0 Å². The summed E-state index contributed by atoms with van der Waals surface area (Å²) in [5.41, 5.74) is 0.212. The Bertz CT molecular complexity index is 651. The zero-order valence-electron chi connectivity index (χ0n) is 10.2. The average Bonchev–Trinajstić information content (AvgIpc) is 2.38. The van der Waals surface area contributed by atoms with E-state index in [0.717, 1.165) is 6.07 Å². The molecule has 0 aliphatic heterocycles. The Labute approximate surface area is 120 Å². The summed E-state index contributed by atoms with van der Waals surface area (Å²) in [6.07, 6.45) is 0. The van der Waals surface area contributed by atoms with Gasteiger partial charge in [-0.3, -0.25) is 4.79 Å². The van der Waals surface area contributed by atoms with Crippen molar-refractivity contribution < 1.29 is 19.2 Å². The van der Waals surface area contributed by atoms with Gasteiger partial charge in [-0.25, -0.2) is 4.39 Å². The highest BCUT2D eigenvalue weighted by Gasteiger charge is 2.17. The van der Waals surface area contributed by atoms with Crippen molar-refractivity contribution in [3.63, 3.8) is 0 Å². The van der Waals surface area contributed by atoms with Gasteiger partial charge in [0.25, 0.3) is 5.91 Å². The molecular formula is C13H10BClFNO3. The van der Waals surface area contributed by atoms with Crippen molar-refractivity contribution in [3.8, 4) is 0 Å². The van der Waals surface area contributed by atoms with Gasteiger partial charge >= 0.3 is 7.12 Å². The highest BCUT2D eigenvalue weighted by atomic mass is 35.5. The fourth-order valence-electron chi connectivity index (χ4n) is 1.64. The minimum atomic E-state index is -1.78. The molecule has 3 N–H and O–H groups in total. The van der Waals surface area contributed by atoms with Crippen LogP contribution in [0.2, 0.25) is 5.02 Å². The molecule has 0 radical (unpaired) electrons. The third kappa shape index (κ3) is 3.36. The standard InChI is InChI=1S/C13H10BClFNO3/c15-9-2-1-3-10(7-9)17-13(18)11-5-4-8(14(19)20)6-12(11)16/h1-7,19-20H,(H,17,18). The summed E-state index contributed by atoms with van der Waals surface area (Å²) in [4.78, 5) is 11.9. The van der Waals surface area contributed by atoms with E-state index in [1.54, 1.807) is 18.2 Å². The number of hydrogen-bond donors (Lipinski definition) is 3. The number of anilines is 1. The topological polar surface area (TPSA) is 69.6 Å². The minimum absolute atomic E-state index is 0.0261. The summed E-state index contributed by atoms with van der Waals surface area (Å²) in [7, 11) is -1.78. The molecule has 20 heavy (non-hydrogen) atoms. The first-order valence-corrected chi connectivity index (χ1v) is 6.07. The number of amides is 1. The van der Waals surface area contributed by atoms with Gasteiger partial charge < -0.3 is 15.4 Å². The molecule has 0 atom stereocenters. The van der Waals surface area contributed by atoms with Gasteiger partial charge in [0, 0.05) is 10.7 Å². The Balaban J connectivity index is 2.21. The van der Waals surface area contributed by atoms with Crippen molar-refractivity contribution in [2.45, 2.75) is 0 Å². The number of nitrogens with one attached hydrogen (secondary N) is 1. The first-order valence-electron chi connectivity index (χ1n) is 5.70. The zero-order chi connectivity index (χ0) is 14.7. The van der Waals surface area contributed by atoms with Crippen LogP contribution in [0.1, 0.15) is 10.4 Å². The number of carbonyl (C=O) groups excluding carboxylic acids is 1. The summed E-state index contributed by atoms with van der Waals surface area (Å²) in [6.45, 7) is 0. The maximum absolute atomic E-state index is 13.7. The lowest BCUT2D eigenvalue weighted by molar-refractivity contribution is 0.102. The van der Waals surface area contributed by atoms with E-state index >= 15 is 0 Å². The number of carbonyl (C=O) groups is 1. The van der Waals surface area contributed by atoms with Gasteiger partial charge in [-0.2, -0.15) is 0 Å². The van der Waals surface area contributed by atoms with Crippen LogP contribution in [0, 0.1) is 5.82 Å². The van der Waals surface area contributed by atoms with Gasteiger partial charge in [0.05, 0.1) is 5.56 Å². The third-order valence-electron chi connectivity index (χ3n) is 2.62. The monoisotopic (exact) mass is 293 g/mol. The fraction of sp³-hybridized carbons (Fsp3) is 0. The van der Waals surface area contributed by atoms with E-state index < -0.39 is 18.8 Å². The second kappa shape index (κ2) is 6.05. The average molecular weight is 293 g/mol. The summed E-state index contributed by atoms with van der Waals surface area (Å²) >= 11 is 5.78. The van der Waals surface area contributed by atoms with Gasteiger partial charge in [-0.1, -0.05) is 23.7 Å². The number of benzene rings is 2. The van der Waals surface area contributed by atoms with E-state index in [1.165, 1.54) is 18.2 Å². The van der Waals surface area contributed by atoms with Gasteiger partial charge in [-0.05, 0) is 35.8 Å². The first-order chi connectivity index (χ1) is 9.47. The fourth-order valence-corrected chi connectivity index (χ4v) is 1.83. The summed E-state index contributed by atoms with van der Waals surface area (Å²) in [5.74, 6) is -1.49. The zero-order valence-corrected chi connectivity index (χ0v) is 10.9. The quantitative estimate of drug-likeness (QED) is 0.750. The van der Waals surface area contributed by atoms with Crippen molar-refractivity contribution >= 4 is 35.8 Å². The lowest BCUT2D eigenvalue weighted by Gasteiger charge is -2.07. The molecule has 0 saturated heterocycles. The van der Waals surface area contributed by atoms with Gasteiger partial charge in [0.1, 0.15) is 5.82 Å². The molecule has 0 spiro atoms. The molecule has 0 bridgehead atoms. The van der Waals surface area contributed by atoms with Crippen LogP contribution < -0.4 is 10.8 Å². The third-order valence-corrected chi connectivity index (χ3v) is 2.85. The highest BCUT2D eigenvalue weighted by Crippen LogP contribution is 2.16. The smallest absolute Gasteiger partial charge is 0.423 e. The Morgan fingerprint density at radius 2 is 1.95 bits per heavy atom. The van der Waals surface area contributed by atoms with Crippen LogP contribution in [-0.2, 0) is 0 Å². The van der Waals surface area contributed by atoms with Gasteiger partial charge in [0.15, 0.2) is 0 Å². The molecule has 7 heteroatoms. The van der Waals surface area contributed by atoms with E-state index in [2.05, 4.69) is 5.32 Å². The van der Waals surface area contributed by atoms with Crippen LogP contribution >= 0.6 is 11.6 Å². The Morgan fingerprint density at radius 1 is 1.20 bits per heavy atom. The van der Waals surface area contributed by atoms with E-state index in [0.29, 0.717) is 10.7 Å². The van der Waals surface area contributed by atoms with Crippen molar-refractivity contribution in [2.24, 2.45) is 0 Å². The molecule has 2 aromatic rings. The summed E-state index contributed by atoms with van der Waals surface area (Å²) < 4.78 is 13.7. The molecule has 2 aromatic carbocycles. The first kappa shape index (κ1) is 14.5. The van der Waals surface area contributed by atoms with E-state index in [9.17, 15) is 9.18 Å². The van der Waals surface area contributed by atoms with Crippen LogP contribution in [0.3, 0.4) is 0 Å². The summed E-state index contributed by atoms with van der Waals surface area (Å²) in [6, 6.07) is 9.80. The molecule has 0 unspecified atom stereocenters. The van der Waals surface area contributed by atoms with Crippen LogP contribution in [-0.4, -0.2) is 23.1 Å². The largest absolute Gasteiger partial charge is 0.488 e. The number of rotatable bonds is 3. The molecule has 0 aliphatic carbocycles. The van der Waals surface area contributed by atoms with Crippen LogP contribution in [0.5, 0.6) is 0 Å². The number of halogens is 2. The second-order valence-electron chi connectivity index (χ2n) is 4.08. The van der Waals surface area contributed by atoms with E-state index in [1.807, 2.05) is 0 Å². The SMILES string of the molecule is O=C(Nc1cccc(Cl)c1)c1ccc(B(O)O)cc1F. The molecule has 0 aromatic heterocycles. The molecule has 2 rings (SSSR count). The summed E-state index contributed by atoms with van der Waals surface area (Å²) in [5, 5.41) is 20.8. The van der Waals surface area contributed by atoms with E-state index in [4.69, 9.17) is 21.6 Å². The van der Waals surface area contributed by atoms with Crippen LogP contribution in [0.15, 0.2) is 42.5 Å². The van der Waals surface area contributed by atoms with Crippen molar-refractivity contribution in [3.05, 3.63) is 58.9 Å². The second-order valence-corrected chi connectivity index (χ2v) is 4.51. The van der Waals surface area contributed by atoms with Crippen molar-refractivity contribution in [2.75, 3.05) is 5.32 Å². The Hall–Kier alpha value is -1.89. The predicted octanol–water partition coefficient (Wildman–Crippen LogP) is 1.41. The van der Waals surface area contributed by atoms with Gasteiger partial charge in [-0.15, -0.1) is 0 Å². The molecule has 0 saturated carbocycles. The predicted molar refractivity (Wildman–Crippen MR) is 75.6 cm³/mol. The maximum Gasteiger partial charge on any atom is 0.488 e. The highest BCUT2D eigenvalue weighted by molar-refractivity contribution is 6.58. The van der Waals surface area contributed by atoms with Crippen LogP contribution in [0.4, 0.5) is 10.1 Å². The molecule has 0 heterocycles. The lowest BCUT2D eigenvalue weighted by Crippen LogP contribution is -2.30. The Kier molecular flexibility index (Phi) is 4.39. The molecule has 0 fully saturated rings. The van der Waals surface area contributed by atoms with Gasteiger partial charge in [0.2, 0.25) is 0 Å². The minimum Gasteiger partial charge on any atom is -0.423 e. The molecule has 4 nitrogen and oxygen atoms in total. The molecule has 0 aliphatic rings. The normalized spacial score (nSPS) is 10.2. The number of hydrogen-bond acceptors (Lipinski definition) is 3. The maximum atomic E-state index is 13.7. The lowest BCUT2D eigenvalue weighted by atomic mass is 9.80. The van der Waals surface area contributed by atoms with E-state index in [-0.39, 0.29) is 11.0 Å². The molecular weight excluding hydrogens is 283 g/mol. The Morgan fingerprint density at radius 3 is 2.55 bits per heavy atom. The molecule has 102 valence electrons.